The number of H-pyrrole nitrogens is 2. The fraction of sp³-hybridized carbons (Fsp3) is 0.224. The van der Waals surface area contributed by atoms with E-state index in [9.17, 15) is 71.9 Å². The monoisotopic (exact) mass is 1660 g/mol. The number of pyridine rings is 3. The van der Waals surface area contributed by atoms with E-state index >= 15 is 0 Å². The molecule has 34 nitrogen and oxygen atoms in total. The molecule has 0 saturated carbocycles. The van der Waals surface area contributed by atoms with Gasteiger partial charge in [0.05, 0.1) is 64.8 Å². The van der Waals surface area contributed by atoms with Crippen LogP contribution in [-0.4, -0.2) is 141 Å². The van der Waals surface area contributed by atoms with Crippen LogP contribution in [-0.2, 0) is 66.8 Å². The molecular weight excluding hydrogens is 1570 g/mol. The second kappa shape index (κ2) is 48.5. The summed E-state index contributed by atoms with van der Waals surface area (Å²) >= 11 is 0. The van der Waals surface area contributed by atoms with Gasteiger partial charge in [0.15, 0.2) is 22.2 Å². The van der Waals surface area contributed by atoms with Gasteiger partial charge in [0.2, 0.25) is 23.6 Å². The Balaban J connectivity index is 0.000000470. The summed E-state index contributed by atoms with van der Waals surface area (Å²) in [4.78, 5) is 178. The number of ketones is 1. The van der Waals surface area contributed by atoms with E-state index in [-0.39, 0.29) is 128 Å². The van der Waals surface area contributed by atoms with Crippen molar-refractivity contribution < 1.29 is 136 Å². The third-order valence-corrected chi connectivity index (χ3v) is 16.0. The van der Waals surface area contributed by atoms with Crippen LogP contribution < -0.4 is 83.6 Å². The Hall–Kier alpha value is -14.1. The number of piperidine rings is 2. The Morgan fingerprint density at radius 2 is 0.967 bits per heavy atom. The van der Waals surface area contributed by atoms with E-state index in [1.807, 2.05) is 60.7 Å². The molecule has 0 spiro atoms. The number of aromatic nitrogens is 3. The van der Waals surface area contributed by atoms with E-state index in [1.165, 1.54) is 79.4 Å². The van der Waals surface area contributed by atoms with Crippen LogP contribution in [0, 0.1) is 0 Å². The summed E-state index contributed by atoms with van der Waals surface area (Å²) in [7, 11) is 2.59. The van der Waals surface area contributed by atoms with Crippen LogP contribution in [0.5, 0.6) is 11.5 Å². The number of hydrogen-bond acceptors (Lipinski definition) is 28. The summed E-state index contributed by atoms with van der Waals surface area (Å²) in [5.74, 6) is -7.13. The zero-order chi connectivity index (χ0) is 84.1. The van der Waals surface area contributed by atoms with Gasteiger partial charge >= 0.3 is 71.3 Å². The number of aromatic amines is 2. The molecule has 4 saturated heterocycles. The average molecular weight is 1660 g/mol. The maximum atomic E-state index is 12.4. The number of nitrogens with one attached hydrogen (secondary N) is 6. The Bertz CT molecular complexity index is 5280. The number of hydrogen-bond donors (Lipinski definition) is 10. The van der Waals surface area contributed by atoms with Crippen molar-refractivity contribution in [1.82, 2.24) is 30.9 Å². The van der Waals surface area contributed by atoms with Crippen LogP contribution in [0.25, 0.3) is 32.7 Å². The van der Waals surface area contributed by atoms with Crippen LogP contribution >= 0.6 is 0 Å². The van der Waals surface area contributed by atoms with Gasteiger partial charge in [-0.1, -0.05) is 107 Å². The number of anilines is 3. The van der Waals surface area contributed by atoms with Gasteiger partial charge < -0.3 is 81.5 Å². The van der Waals surface area contributed by atoms with Gasteiger partial charge in [-0.2, -0.15) is 0 Å². The number of benzene rings is 7. The molecule has 4 fully saturated rings. The molecule has 3 aromatic heterocycles. The van der Waals surface area contributed by atoms with Gasteiger partial charge in [-0.3, -0.25) is 63.6 Å². The molecule has 7 aromatic carbocycles. The maximum absolute atomic E-state index is 12.4. The molecule has 14 N–H and O–H groups in total. The maximum Gasteiger partial charge on any atom is 1.00 e. The number of methoxy groups -OCH3 is 2. The Kier molecular flexibility index (Phi) is 41.2. The molecule has 4 aliphatic rings. The van der Waals surface area contributed by atoms with Gasteiger partial charge in [0.1, 0.15) is 24.0 Å². The van der Waals surface area contributed by atoms with E-state index in [4.69, 9.17) is 36.5 Å². The van der Waals surface area contributed by atoms with Crippen molar-refractivity contribution in [3.05, 3.63) is 261 Å². The Morgan fingerprint density at radius 3 is 1.45 bits per heavy atom. The number of cyclic esters (lactones) is 4. The molecule has 10 aromatic rings. The largest absolute Gasteiger partial charge is 1.00 e. The van der Waals surface area contributed by atoms with Crippen LogP contribution in [0.1, 0.15) is 141 Å². The molecule has 4 aliphatic heterocycles. The van der Waals surface area contributed by atoms with Crippen molar-refractivity contribution in [2.75, 3.05) is 31.0 Å². The molecule has 0 aliphatic carbocycles. The van der Waals surface area contributed by atoms with Crippen molar-refractivity contribution in [3.63, 3.8) is 0 Å². The smallest absolute Gasteiger partial charge is 0.870 e. The van der Waals surface area contributed by atoms with Crippen LogP contribution in [0.4, 0.5) is 17.1 Å². The standard InChI is InChI=1S/C15H14N4O3.C15H15NO6.C12H10O.C11H9NO2.C10H7NO3.C8H9NO2.C6H8O4.C5H8N2O2.3CH4.Na.H2O/c16-10-6-7-17-13-8(10)2-1-3-9(13)14(21)18-11-4-5-12(20)19-15(11)22;1-15(2)21-13(18)10(14(19)22-15)8-16-11-7-5-4-6-9(11)12(17)20-3;1-3-7-11(8-4-1)13-12-9-5-2-6-10-12;1-7(13)8-3-2-4-9-10(14)5-6-12-11(8)9;12-8-4-5-11-9-6(8)2-1-3-7(9)10(13)14;1-11-8(10)6-4-2-3-5-7(6)9;1-6(2)9-4(7)3-5(8)10-6;6-3-1-2-4(8)7-5(3)9;;;;;/h1-3,6-7,11H,4-5H2,(H2,16,17)(H,18,21)(H,19,20,22);4-8,16H,1-3H3;1-10H;2-6H,1H3,(H,12,14);1-5H,(H,11,12)(H,13,14);2-5H,9H2,1H3;3H2,1-2H3;3H,1-2,6H2,(H,7,8,9);3*1H4;;1H2/q;;;;;;;;;;;+1;/p-1. The molecule has 120 heavy (non-hydrogen) atoms. The minimum Gasteiger partial charge on any atom is -0.870 e. The number of imide groups is 2. The van der Waals surface area contributed by atoms with Gasteiger partial charge in [-0.15, -0.1) is 0 Å². The van der Waals surface area contributed by atoms with Gasteiger partial charge in [0, 0.05) is 111 Å². The van der Waals surface area contributed by atoms with E-state index in [0.717, 1.165) is 17.7 Å². The van der Waals surface area contributed by atoms with Crippen molar-refractivity contribution >= 4 is 127 Å². The molecule has 35 heteroatoms. The zero-order valence-electron chi connectivity index (χ0n) is 64.4. The number of nitrogens with two attached hydrogens (primary N) is 3. The number of ether oxygens (including phenoxy) is 7. The summed E-state index contributed by atoms with van der Waals surface area (Å²) in [6, 6.07) is 50.9. The molecular formula is C85H93N10NaO24. The van der Waals surface area contributed by atoms with Crippen LogP contribution in [0.3, 0.4) is 0 Å². The number of carboxylic acid groups (broad SMARTS) is 1. The topological polar surface area (TPSA) is 542 Å². The van der Waals surface area contributed by atoms with E-state index in [0.29, 0.717) is 79.3 Å². The number of rotatable bonds is 10. The molecule has 5 amide bonds. The Morgan fingerprint density at radius 1 is 0.525 bits per heavy atom. The Labute approximate surface area is 710 Å². The van der Waals surface area contributed by atoms with Gasteiger partial charge in [-0.25, -0.2) is 24.0 Å². The minimum absolute atomic E-state index is 0. The fourth-order valence-electron chi connectivity index (χ4n) is 10.5. The van der Waals surface area contributed by atoms with Crippen molar-refractivity contribution in [2.45, 2.75) is 113 Å². The van der Waals surface area contributed by atoms with E-state index in [2.05, 4.69) is 55.2 Å². The number of nitrogens with zero attached hydrogens (tertiary/aromatic N) is 1. The third kappa shape index (κ3) is 30.2. The SMILES string of the molecule is C.C.C.CC(=O)c1cccc2c(=O)cc[nH]c12.CC1(C)OC(=O)CC(=O)O1.COC(=O)c1ccccc1N.COC(=O)c1ccccc1NC=C1C(=O)OC(C)(C)OC1=O.NC1CCC(=O)NC1=O.Nc1ccnc2c(C(=O)NC3CCC(=O)NC3=O)cccc12.O=C(O)c1cccc2c(=O)cc[nH]c12.[Na+].[OH-].c1ccc(Oc2ccccc2)cc1. The molecule has 14 rings (SSSR count). The molecule has 0 radical (unpaired) electrons. The summed E-state index contributed by atoms with van der Waals surface area (Å²) in [6.45, 7) is 7.43. The summed E-state index contributed by atoms with van der Waals surface area (Å²) in [5, 5.41) is 20.2. The van der Waals surface area contributed by atoms with Crippen molar-refractivity contribution in [2.24, 2.45) is 5.73 Å². The first-order valence-electron chi connectivity index (χ1n) is 34.8. The van der Waals surface area contributed by atoms with Crippen LogP contribution in [0.15, 0.2) is 222 Å². The molecule has 2 unspecified atom stereocenters. The number of Topliss-reactive ketones (excluding diaryl/α,β-unsaturated/α-hetero) is 1. The summed E-state index contributed by atoms with van der Waals surface area (Å²) in [6.07, 6.45) is 6.73. The molecule has 2 atom stereocenters. The second-order valence-electron chi connectivity index (χ2n) is 25.4. The summed E-state index contributed by atoms with van der Waals surface area (Å²) < 4.78 is 34.0. The van der Waals surface area contributed by atoms with Crippen molar-refractivity contribution in [1.29, 1.82) is 0 Å². The molecule has 0 bridgehead atoms. The molecule has 7 heterocycles. The predicted molar refractivity (Wildman–Crippen MR) is 440 cm³/mol. The van der Waals surface area contributed by atoms with Crippen molar-refractivity contribution in [3.8, 4) is 11.5 Å². The number of amides is 5. The average Bonchev–Trinajstić information content (AvgIpc) is 0.803. The number of carboxylic acids is 1. The first-order chi connectivity index (χ1) is 54.7. The van der Waals surface area contributed by atoms with E-state index in [1.54, 1.807) is 109 Å². The minimum atomic E-state index is -1.30. The number of carbonyl (C=O) groups excluding carboxylic acids is 12. The zero-order valence-corrected chi connectivity index (χ0v) is 66.4. The number of para-hydroxylation sites is 7. The quantitative estimate of drug-likeness (QED) is 0.00747. The number of fused-ring (bicyclic) bond motifs is 3. The van der Waals surface area contributed by atoms with Crippen LogP contribution in [0.2, 0.25) is 0 Å². The predicted octanol–water partition coefficient (Wildman–Crippen LogP) is 7.15. The van der Waals surface area contributed by atoms with Gasteiger partial charge in [-0.05, 0) is 105 Å². The first-order valence-corrected chi connectivity index (χ1v) is 34.8. The summed E-state index contributed by atoms with van der Waals surface area (Å²) in [5.41, 5.74) is 20.6. The second-order valence-corrected chi connectivity index (χ2v) is 25.4. The number of carbonyl (C=O) groups is 13. The number of aromatic carboxylic acids is 1. The van der Waals surface area contributed by atoms with E-state index < -0.39 is 77.3 Å². The number of esters is 6. The first kappa shape index (κ1) is 102. The third-order valence-electron chi connectivity index (χ3n) is 16.0. The normalized spacial score (nSPS) is 14.7. The number of nitrogen functional groups attached to an aromatic ring is 2. The molecule has 628 valence electrons. The van der Waals surface area contributed by atoms with Gasteiger partial charge in [0.25, 0.3) is 17.5 Å². The fourth-order valence-corrected chi connectivity index (χ4v) is 10.5.